The summed E-state index contributed by atoms with van der Waals surface area (Å²) in [5, 5.41) is 24.5. The van der Waals surface area contributed by atoms with Crippen molar-refractivity contribution in [1.82, 2.24) is 0 Å². The van der Waals surface area contributed by atoms with Gasteiger partial charge in [-0.2, -0.15) is 0 Å². The fourth-order valence-electron chi connectivity index (χ4n) is 3.49. The maximum absolute atomic E-state index is 11.5. The van der Waals surface area contributed by atoms with E-state index in [9.17, 15) is 20.2 Å². The molecule has 0 bridgehead atoms. The molecule has 136 valence electrons. The lowest BCUT2D eigenvalue weighted by atomic mass is 9.91. The van der Waals surface area contributed by atoms with Gasteiger partial charge in [0.05, 0.1) is 21.0 Å². The molecule has 4 aromatic carbocycles. The Morgan fingerprint density at radius 2 is 0.821 bits per heavy atom. The number of nitro groups is 2. The minimum absolute atomic E-state index is 0.0195. The van der Waals surface area contributed by atoms with Gasteiger partial charge in [-0.25, -0.2) is 0 Å². The monoisotopic (exact) mass is 370 g/mol. The first kappa shape index (κ1) is 17.4. The molecule has 4 aromatic rings. The normalized spacial score (nSPS) is 10.7. The van der Waals surface area contributed by atoms with Crippen molar-refractivity contribution in [3.05, 3.63) is 105 Å². The predicted molar refractivity (Wildman–Crippen MR) is 108 cm³/mol. The van der Waals surface area contributed by atoms with Gasteiger partial charge in [0, 0.05) is 12.1 Å². The van der Waals surface area contributed by atoms with Crippen LogP contribution in [0.5, 0.6) is 0 Å². The molecule has 0 heterocycles. The summed E-state index contributed by atoms with van der Waals surface area (Å²) in [5.41, 5.74) is 2.49. The van der Waals surface area contributed by atoms with E-state index < -0.39 is 9.85 Å². The summed E-state index contributed by atoms with van der Waals surface area (Å²) in [5.74, 6) is 0. The van der Waals surface area contributed by atoms with Gasteiger partial charge >= 0.3 is 0 Å². The van der Waals surface area contributed by atoms with E-state index in [1.54, 1.807) is 48.5 Å². The number of nitro benzene ring substituents is 2. The highest BCUT2D eigenvalue weighted by atomic mass is 16.6. The molecule has 0 N–H and O–H groups in total. The van der Waals surface area contributed by atoms with E-state index in [2.05, 4.69) is 0 Å². The van der Waals surface area contributed by atoms with Crippen molar-refractivity contribution in [2.24, 2.45) is 0 Å². The maximum Gasteiger partial charge on any atom is 0.277 e. The van der Waals surface area contributed by atoms with Gasteiger partial charge < -0.3 is 0 Å². The first-order valence-corrected chi connectivity index (χ1v) is 8.57. The van der Waals surface area contributed by atoms with E-state index in [1.165, 1.54) is 12.1 Å². The molecule has 0 saturated carbocycles. The minimum atomic E-state index is -0.403. The zero-order chi connectivity index (χ0) is 19.7. The Kier molecular flexibility index (Phi) is 4.29. The lowest BCUT2D eigenvalue weighted by Crippen LogP contribution is -1.94. The Morgan fingerprint density at radius 1 is 0.464 bits per heavy atom. The van der Waals surface area contributed by atoms with Gasteiger partial charge in [-0.3, -0.25) is 20.2 Å². The highest BCUT2D eigenvalue weighted by Gasteiger charge is 2.20. The lowest BCUT2D eigenvalue weighted by molar-refractivity contribution is -0.384. The van der Waals surface area contributed by atoms with Gasteiger partial charge in [-0.1, -0.05) is 60.7 Å². The topological polar surface area (TPSA) is 86.3 Å². The molecule has 0 aliphatic rings. The van der Waals surface area contributed by atoms with Crippen LogP contribution >= 0.6 is 0 Å². The molecule has 0 saturated heterocycles. The summed E-state index contributed by atoms with van der Waals surface area (Å²) in [4.78, 5) is 22.1. The second-order valence-electron chi connectivity index (χ2n) is 6.25. The van der Waals surface area contributed by atoms with Gasteiger partial charge in [-0.05, 0) is 34.0 Å². The van der Waals surface area contributed by atoms with E-state index in [-0.39, 0.29) is 11.4 Å². The Hall–Kier alpha value is -4.06. The van der Waals surface area contributed by atoms with Gasteiger partial charge in [0.25, 0.3) is 11.4 Å². The van der Waals surface area contributed by atoms with E-state index in [1.807, 2.05) is 24.3 Å². The number of hydrogen-bond acceptors (Lipinski definition) is 4. The molecule has 0 aliphatic carbocycles. The van der Waals surface area contributed by atoms with E-state index in [0.29, 0.717) is 22.3 Å². The molecule has 28 heavy (non-hydrogen) atoms. The molecule has 0 aromatic heterocycles. The van der Waals surface area contributed by atoms with Crippen LogP contribution in [0.25, 0.3) is 33.0 Å². The van der Waals surface area contributed by atoms with Crippen molar-refractivity contribution < 1.29 is 9.85 Å². The van der Waals surface area contributed by atoms with Crippen molar-refractivity contribution in [2.75, 3.05) is 0 Å². The largest absolute Gasteiger partial charge is 0.277 e. The number of rotatable bonds is 4. The summed E-state index contributed by atoms with van der Waals surface area (Å²) in [6, 6.07) is 24.2. The maximum atomic E-state index is 11.5. The van der Waals surface area contributed by atoms with Crippen LogP contribution in [0.2, 0.25) is 0 Å². The SMILES string of the molecule is O=[N+]([O-])c1ccccc1-c1ccc(-c2ccccc2[N+](=O)[O-])c2ccccc12. The number of hydrogen-bond donors (Lipinski definition) is 0. The Balaban J connectivity index is 2.03. The Morgan fingerprint density at radius 3 is 1.21 bits per heavy atom. The van der Waals surface area contributed by atoms with Crippen LogP contribution in [0.4, 0.5) is 11.4 Å². The van der Waals surface area contributed by atoms with Crippen LogP contribution in [-0.4, -0.2) is 9.85 Å². The van der Waals surface area contributed by atoms with Gasteiger partial charge in [0.1, 0.15) is 0 Å². The van der Waals surface area contributed by atoms with Crippen LogP contribution < -0.4 is 0 Å². The molecule has 6 heteroatoms. The van der Waals surface area contributed by atoms with Gasteiger partial charge in [-0.15, -0.1) is 0 Å². The van der Waals surface area contributed by atoms with Crippen molar-refractivity contribution >= 4 is 22.1 Å². The lowest BCUT2D eigenvalue weighted by Gasteiger charge is -2.12. The summed E-state index contributed by atoms with van der Waals surface area (Å²) < 4.78 is 0. The highest BCUT2D eigenvalue weighted by Crippen LogP contribution is 2.40. The minimum Gasteiger partial charge on any atom is -0.258 e. The molecular formula is C22H14N2O4. The first-order valence-electron chi connectivity index (χ1n) is 8.57. The molecule has 0 fully saturated rings. The molecule has 0 unspecified atom stereocenters. The van der Waals surface area contributed by atoms with Crippen LogP contribution in [-0.2, 0) is 0 Å². The highest BCUT2D eigenvalue weighted by molar-refractivity contribution is 6.06. The molecule has 0 aliphatic heterocycles. The fraction of sp³-hybridized carbons (Fsp3) is 0. The molecule has 0 spiro atoms. The van der Waals surface area contributed by atoms with E-state index in [0.717, 1.165) is 10.8 Å². The van der Waals surface area contributed by atoms with Gasteiger partial charge in [0.2, 0.25) is 0 Å². The quantitative estimate of drug-likeness (QED) is 0.326. The third-order valence-electron chi connectivity index (χ3n) is 4.71. The van der Waals surface area contributed by atoms with Crippen molar-refractivity contribution in [3.63, 3.8) is 0 Å². The number of benzene rings is 4. The average Bonchev–Trinajstić information content (AvgIpc) is 2.73. The second kappa shape index (κ2) is 6.92. The van der Waals surface area contributed by atoms with Crippen molar-refractivity contribution in [2.45, 2.75) is 0 Å². The average molecular weight is 370 g/mol. The zero-order valence-electron chi connectivity index (χ0n) is 14.6. The summed E-state index contributed by atoms with van der Waals surface area (Å²) >= 11 is 0. The summed E-state index contributed by atoms with van der Waals surface area (Å²) in [6.07, 6.45) is 0. The Labute approximate surface area is 160 Å². The second-order valence-corrected chi connectivity index (χ2v) is 6.25. The molecule has 0 atom stereocenters. The zero-order valence-corrected chi connectivity index (χ0v) is 14.6. The van der Waals surface area contributed by atoms with E-state index in [4.69, 9.17) is 0 Å². The van der Waals surface area contributed by atoms with Crippen LogP contribution in [0.3, 0.4) is 0 Å². The third-order valence-corrected chi connectivity index (χ3v) is 4.71. The molecule has 6 nitrogen and oxygen atoms in total. The first-order chi connectivity index (χ1) is 13.6. The fourth-order valence-corrected chi connectivity index (χ4v) is 3.49. The molecule has 0 radical (unpaired) electrons. The summed E-state index contributed by atoms with van der Waals surface area (Å²) in [6.45, 7) is 0. The van der Waals surface area contributed by atoms with Crippen LogP contribution in [0, 0.1) is 20.2 Å². The van der Waals surface area contributed by atoms with Crippen molar-refractivity contribution in [3.8, 4) is 22.3 Å². The number of para-hydroxylation sites is 2. The van der Waals surface area contributed by atoms with Crippen molar-refractivity contribution in [1.29, 1.82) is 0 Å². The van der Waals surface area contributed by atoms with E-state index >= 15 is 0 Å². The summed E-state index contributed by atoms with van der Waals surface area (Å²) in [7, 11) is 0. The van der Waals surface area contributed by atoms with Gasteiger partial charge in [0.15, 0.2) is 0 Å². The molecular weight excluding hydrogens is 356 g/mol. The number of fused-ring (bicyclic) bond motifs is 1. The third kappa shape index (κ3) is 2.87. The smallest absolute Gasteiger partial charge is 0.258 e. The standard InChI is InChI=1S/C22H14N2O4/c25-23(26)21-11-5-3-9-19(21)17-13-14-18(16-8-2-1-7-15(16)17)20-10-4-6-12-22(20)24(27)28/h1-14H. The molecule has 0 amide bonds. The predicted octanol–water partition coefficient (Wildman–Crippen LogP) is 5.99. The van der Waals surface area contributed by atoms with Crippen LogP contribution in [0.15, 0.2) is 84.9 Å². The number of nitrogens with zero attached hydrogens (tertiary/aromatic N) is 2. The molecule has 4 rings (SSSR count). The Bertz CT molecular complexity index is 1140. The van der Waals surface area contributed by atoms with Crippen LogP contribution in [0.1, 0.15) is 0 Å².